The Kier molecular flexibility index (Phi) is 9.90. The van der Waals surface area contributed by atoms with Crippen LogP contribution in [0.1, 0.15) is 37.1 Å². The number of rotatable bonds is 12. The summed E-state index contributed by atoms with van der Waals surface area (Å²) in [5.74, 6) is 2.36. The first-order chi connectivity index (χ1) is 16.8. The zero-order valence-corrected chi connectivity index (χ0v) is 21.2. The van der Waals surface area contributed by atoms with E-state index in [1.807, 2.05) is 23.9 Å². The van der Waals surface area contributed by atoms with E-state index < -0.39 is 0 Å². The predicted molar refractivity (Wildman–Crippen MR) is 140 cm³/mol. The van der Waals surface area contributed by atoms with Crippen LogP contribution in [0.4, 0.5) is 0 Å². The number of aromatic nitrogens is 3. The first-order valence-corrected chi connectivity index (χ1v) is 14.0. The van der Waals surface area contributed by atoms with Crippen molar-refractivity contribution in [3.8, 4) is 0 Å². The van der Waals surface area contributed by atoms with Crippen LogP contribution in [0, 0.1) is 0 Å². The summed E-state index contributed by atoms with van der Waals surface area (Å²) in [6, 6.07) is 20.8. The van der Waals surface area contributed by atoms with Crippen molar-refractivity contribution < 1.29 is 4.79 Å². The van der Waals surface area contributed by atoms with Crippen molar-refractivity contribution in [3.05, 3.63) is 72.1 Å². The largest absolute Gasteiger partial charge is 0.355 e. The van der Waals surface area contributed by atoms with Gasteiger partial charge >= 0.3 is 0 Å². The maximum Gasteiger partial charge on any atom is 0.230 e. The van der Waals surface area contributed by atoms with Crippen molar-refractivity contribution in [2.24, 2.45) is 0 Å². The summed E-state index contributed by atoms with van der Waals surface area (Å²) in [6.07, 6.45) is 4.76. The van der Waals surface area contributed by atoms with E-state index in [9.17, 15) is 4.79 Å². The smallest absolute Gasteiger partial charge is 0.230 e. The number of nitrogens with one attached hydrogen (secondary N) is 1. The SMILES string of the molecule is O=C(CSc1nnc(CN2CCCCC2)n1Cc1ccccc1)NCCCSc1ccccc1. The maximum absolute atomic E-state index is 12.4. The third-order valence-electron chi connectivity index (χ3n) is 5.78. The number of benzene rings is 2. The Morgan fingerprint density at radius 2 is 1.62 bits per heavy atom. The van der Waals surface area contributed by atoms with Gasteiger partial charge in [0, 0.05) is 11.4 Å². The molecule has 0 radical (unpaired) electrons. The molecule has 0 saturated carbocycles. The highest BCUT2D eigenvalue weighted by Crippen LogP contribution is 2.21. The molecule has 0 atom stereocenters. The Morgan fingerprint density at radius 3 is 2.38 bits per heavy atom. The average Bonchev–Trinajstić information content (AvgIpc) is 3.25. The van der Waals surface area contributed by atoms with Crippen molar-refractivity contribution in [2.75, 3.05) is 31.1 Å². The van der Waals surface area contributed by atoms with Crippen LogP contribution in [0.2, 0.25) is 0 Å². The highest BCUT2D eigenvalue weighted by molar-refractivity contribution is 7.99. The second kappa shape index (κ2) is 13.6. The van der Waals surface area contributed by atoms with Crippen molar-refractivity contribution >= 4 is 29.4 Å². The van der Waals surface area contributed by atoms with Crippen LogP contribution in [-0.4, -0.2) is 56.7 Å². The van der Waals surface area contributed by atoms with E-state index in [-0.39, 0.29) is 5.91 Å². The number of hydrogen-bond donors (Lipinski definition) is 1. The van der Waals surface area contributed by atoms with E-state index >= 15 is 0 Å². The van der Waals surface area contributed by atoms with Gasteiger partial charge in [-0.1, -0.05) is 66.7 Å². The van der Waals surface area contributed by atoms with E-state index in [2.05, 4.69) is 73.5 Å². The van der Waals surface area contributed by atoms with Crippen molar-refractivity contribution in [1.82, 2.24) is 25.0 Å². The zero-order valence-electron chi connectivity index (χ0n) is 19.6. The first kappa shape index (κ1) is 24.8. The van der Waals surface area contributed by atoms with Gasteiger partial charge < -0.3 is 9.88 Å². The van der Waals surface area contributed by atoms with Gasteiger partial charge in [-0.2, -0.15) is 0 Å². The summed E-state index contributed by atoms with van der Waals surface area (Å²) in [5.41, 5.74) is 1.21. The Hall–Kier alpha value is -2.29. The van der Waals surface area contributed by atoms with Gasteiger partial charge in [-0.15, -0.1) is 22.0 Å². The quantitative estimate of drug-likeness (QED) is 0.290. The summed E-state index contributed by atoms with van der Waals surface area (Å²) in [7, 11) is 0. The molecule has 8 heteroatoms. The van der Waals surface area contributed by atoms with E-state index in [1.165, 1.54) is 41.5 Å². The fourth-order valence-corrected chi connectivity index (χ4v) is 5.63. The van der Waals surface area contributed by atoms with E-state index in [0.29, 0.717) is 12.3 Å². The predicted octanol–water partition coefficient (Wildman–Crippen LogP) is 4.70. The lowest BCUT2D eigenvalue weighted by atomic mass is 10.1. The van der Waals surface area contributed by atoms with Gasteiger partial charge in [0.25, 0.3) is 0 Å². The molecule has 1 N–H and O–H groups in total. The lowest BCUT2D eigenvalue weighted by molar-refractivity contribution is -0.118. The van der Waals surface area contributed by atoms with Crippen LogP contribution in [0.15, 0.2) is 70.7 Å². The average molecular weight is 496 g/mol. The molecule has 2 aromatic carbocycles. The summed E-state index contributed by atoms with van der Waals surface area (Å²) in [6.45, 7) is 4.46. The fraction of sp³-hybridized carbons (Fsp3) is 0.423. The second-order valence-corrected chi connectivity index (χ2v) is 10.6. The van der Waals surface area contributed by atoms with Crippen molar-refractivity contribution in [1.29, 1.82) is 0 Å². The number of nitrogens with zero attached hydrogens (tertiary/aromatic N) is 4. The highest BCUT2D eigenvalue weighted by Gasteiger charge is 2.18. The van der Waals surface area contributed by atoms with Gasteiger partial charge in [0.2, 0.25) is 5.91 Å². The minimum absolute atomic E-state index is 0.0431. The lowest BCUT2D eigenvalue weighted by Crippen LogP contribution is -2.30. The molecule has 0 bridgehead atoms. The molecule has 4 rings (SSSR count). The molecule has 180 valence electrons. The van der Waals surface area contributed by atoms with Crippen molar-refractivity contribution in [2.45, 2.75) is 48.8 Å². The lowest BCUT2D eigenvalue weighted by Gasteiger charge is -2.26. The summed E-state index contributed by atoms with van der Waals surface area (Å²) in [5, 5.41) is 12.8. The van der Waals surface area contributed by atoms with Gasteiger partial charge in [-0.3, -0.25) is 9.69 Å². The number of amides is 1. The summed E-state index contributed by atoms with van der Waals surface area (Å²) >= 11 is 3.29. The molecule has 1 aliphatic heterocycles. The number of likely N-dealkylation sites (tertiary alicyclic amines) is 1. The van der Waals surface area contributed by atoms with Crippen LogP contribution < -0.4 is 5.32 Å². The second-order valence-electron chi connectivity index (χ2n) is 8.46. The number of piperidine rings is 1. The van der Waals surface area contributed by atoms with E-state index in [1.54, 1.807) is 0 Å². The van der Waals surface area contributed by atoms with Crippen molar-refractivity contribution in [3.63, 3.8) is 0 Å². The zero-order chi connectivity index (χ0) is 23.4. The van der Waals surface area contributed by atoms with Gasteiger partial charge in [-0.25, -0.2) is 0 Å². The third-order valence-corrected chi connectivity index (χ3v) is 7.84. The molecule has 1 aliphatic rings. The molecule has 34 heavy (non-hydrogen) atoms. The molecule has 2 heterocycles. The van der Waals surface area contributed by atoms with Crippen LogP contribution in [0.5, 0.6) is 0 Å². The van der Waals surface area contributed by atoms with Gasteiger partial charge in [-0.05, 0) is 55.8 Å². The third kappa shape index (κ3) is 7.89. The minimum atomic E-state index is 0.0431. The van der Waals surface area contributed by atoms with Crippen LogP contribution >= 0.6 is 23.5 Å². The molecular weight excluding hydrogens is 462 g/mol. The monoisotopic (exact) mass is 495 g/mol. The Bertz CT molecular complexity index is 1010. The molecular formula is C26H33N5OS2. The highest BCUT2D eigenvalue weighted by atomic mass is 32.2. The maximum atomic E-state index is 12.4. The Morgan fingerprint density at radius 1 is 0.882 bits per heavy atom. The van der Waals surface area contributed by atoms with Gasteiger partial charge in [0.1, 0.15) is 5.82 Å². The summed E-state index contributed by atoms with van der Waals surface area (Å²) in [4.78, 5) is 16.2. The molecule has 1 amide bonds. The topological polar surface area (TPSA) is 63.1 Å². The molecule has 0 unspecified atom stereocenters. The Labute approximate surface area is 210 Å². The van der Waals surface area contributed by atoms with E-state index in [0.717, 1.165) is 49.3 Å². The number of hydrogen-bond acceptors (Lipinski definition) is 6. The molecule has 1 saturated heterocycles. The molecule has 6 nitrogen and oxygen atoms in total. The van der Waals surface area contributed by atoms with Crippen LogP contribution in [-0.2, 0) is 17.9 Å². The van der Waals surface area contributed by atoms with Gasteiger partial charge in [0.15, 0.2) is 5.16 Å². The standard InChI is InChI=1S/C26H33N5OS2/c32-25(27-15-10-18-33-23-13-6-2-7-14-23)21-34-26-29-28-24(20-30-16-8-3-9-17-30)31(26)19-22-11-4-1-5-12-22/h1-2,4-7,11-14H,3,8-10,15-21H2,(H,27,32). The molecule has 0 spiro atoms. The molecule has 1 aromatic heterocycles. The fourth-order valence-electron chi connectivity index (χ4n) is 3.97. The molecule has 0 aliphatic carbocycles. The Balaban J connectivity index is 1.28. The number of thioether (sulfide) groups is 2. The number of carbonyl (C=O) groups is 1. The summed E-state index contributed by atoms with van der Waals surface area (Å²) < 4.78 is 2.18. The van der Waals surface area contributed by atoms with Crippen LogP contribution in [0.3, 0.4) is 0 Å². The van der Waals surface area contributed by atoms with Gasteiger partial charge in [0.05, 0.1) is 18.8 Å². The normalized spacial score (nSPS) is 14.2. The molecule has 1 fully saturated rings. The first-order valence-electron chi connectivity index (χ1n) is 12.0. The van der Waals surface area contributed by atoms with E-state index in [4.69, 9.17) is 0 Å². The molecule has 3 aromatic rings. The van der Waals surface area contributed by atoms with Crippen LogP contribution in [0.25, 0.3) is 0 Å². The number of carbonyl (C=O) groups excluding carboxylic acids is 1. The minimum Gasteiger partial charge on any atom is -0.355 e.